The average molecular weight is 446 g/mol. The average Bonchev–Trinajstić information content (AvgIpc) is 2.76. The molecule has 1 saturated heterocycles. The van der Waals surface area contributed by atoms with Crippen LogP contribution in [0.1, 0.15) is 11.1 Å². The predicted octanol–water partition coefficient (Wildman–Crippen LogP) is 2.89. The fraction of sp³-hybridized carbons (Fsp3) is 0.318. The summed E-state index contributed by atoms with van der Waals surface area (Å²) in [7, 11) is 1.86. The van der Waals surface area contributed by atoms with E-state index in [1.165, 1.54) is 0 Å². The van der Waals surface area contributed by atoms with Gasteiger partial charge in [-0.1, -0.05) is 29.8 Å². The van der Waals surface area contributed by atoms with Crippen LogP contribution in [-0.2, 0) is 33.8 Å². The van der Waals surface area contributed by atoms with Crippen molar-refractivity contribution in [1.82, 2.24) is 10.2 Å². The van der Waals surface area contributed by atoms with Gasteiger partial charge in [0, 0.05) is 55.5 Å². The van der Waals surface area contributed by atoms with Gasteiger partial charge in [-0.25, -0.2) is 0 Å². The molecule has 1 unspecified atom stereocenters. The molecule has 2 aliphatic heterocycles. The van der Waals surface area contributed by atoms with Crippen molar-refractivity contribution in [3.05, 3.63) is 69.7 Å². The summed E-state index contributed by atoms with van der Waals surface area (Å²) in [6, 6.07) is 13.3. The van der Waals surface area contributed by atoms with E-state index in [0.29, 0.717) is 16.5 Å². The molecule has 0 radical (unpaired) electrons. The molecule has 0 aromatic heterocycles. The van der Waals surface area contributed by atoms with E-state index in [2.05, 4.69) is 16.3 Å². The normalized spacial score (nSPS) is 19.2. The molecule has 2 aromatic carbocycles. The van der Waals surface area contributed by atoms with Crippen molar-refractivity contribution in [3.8, 4) is 0 Å². The number of benzene rings is 2. The van der Waals surface area contributed by atoms with Gasteiger partial charge >= 0.3 is 5.91 Å². The number of halogens is 1. The SMILES string of the molecule is CN1C=C(C(=O)NCc2ccc(Cl)cc2)[S+]([O-])c2cc(CN3CCOCC3)ccc21. The molecule has 0 saturated carbocycles. The lowest BCUT2D eigenvalue weighted by Crippen LogP contribution is -2.36. The van der Waals surface area contributed by atoms with Crippen molar-refractivity contribution in [3.63, 3.8) is 0 Å². The molecule has 0 spiro atoms. The lowest BCUT2D eigenvalue weighted by atomic mass is 10.1. The Hall–Kier alpha value is -2.03. The number of nitrogens with one attached hydrogen (secondary N) is 1. The second kappa shape index (κ2) is 9.41. The maximum absolute atomic E-state index is 13.2. The van der Waals surface area contributed by atoms with E-state index in [4.69, 9.17) is 16.3 Å². The van der Waals surface area contributed by atoms with Crippen LogP contribution in [0.4, 0.5) is 5.69 Å². The van der Waals surface area contributed by atoms with Gasteiger partial charge in [0.05, 0.1) is 25.1 Å². The standard InChI is InChI=1S/C22H24ClN3O3S/c1-25-15-21(22(27)24-13-16-2-5-18(23)6-3-16)30(28)20-12-17(4-7-19(20)25)14-26-8-10-29-11-9-26/h2-7,12,15H,8-11,13-14H2,1H3,(H,24,27). The van der Waals surface area contributed by atoms with Crippen molar-refractivity contribution < 1.29 is 14.1 Å². The van der Waals surface area contributed by atoms with Crippen molar-refractivity contribution >= 4 is 34.4 Å². The van der Waals surface area contributed by atoms with E-state index in [1.54, 1.807) is 18.3 Å². The van der Waals surface area contributed by atoms with Gasteiger partial charge < -0.3 is 19.5 Å². The number of amides is 1. The summed E-state index contributed by atoms with van der Waals surface area (Å²) in [5, 5.41) is 3.50. The van der Waals surface area contributed by atoms with E-state index in [0.717, 1.165) is 49.7 Å². The van der Waals surface area contributed by atoms with Gasteiger partial charge in [-0.2, -0.15) is 0 Å². The number of carbonyl (C=O) groups is 1. The Bertz CT molecular complexity index is 945. The van der Waals surface area contributed by atoms with Crippen molar-refractivity contribution in [2.24, 2.45) is 0 Å². The fourth-order valence-corrected chi connectivity index (χ4v) is 5.06. The number of morpholine rings is 1. The summed E-state index contributed by atoms with van der Waals surface area (Å²) in [4.78, 5) is 17.8. The zero-order valence-electron chi connectivity index (χ0n) is 16.8. The highest BCUT2D eigenvalue weighted by Gasteiger charge is 2.34. The molecular formula is C22H24ClN3O3S. The van der Waals surface area contributed by atoms with E-state index in [1.807, 2.05) is 36.2 Å². The Balaban J connectivity index is 1.47. The summed E-state index contributed by atoms with van der Waals surface area (Å²) < 4.78 is 18.6. The lowest BCUT2D eigenvalue weighted by Gasteiger charge is -2.29. The minimum atomic E-state index is -1.54. The first-order valence-electron chi connectivity index (χ1n) is 9.83. The number of anilines is 1. The Morgan fingerprint density at radius 3 is 2.60 bits per heavy atom. The molecule has 8 heteroatoms. The second-order valence-corrected chi connectivity index (χ2v) is 9.23. The highest BCUT2D eigenvalue weighted by atomic mass is 35.5. The zero-order valence-corrected chi connectivity index (χ0v) is 18.3. The number of ether oxygens (including phenoxy) is 1. The van der Waals surface area contributed by atoms with Gasteiger partial charge in [0.25, 0.3) is 0 Å². The lowest BCUT2D eigenvalue weighted by molar-refractivity contribution is -0.117. The maximum Gasteiger partial charge on any atom is 0.301 e. The van der Waals surface area contributed by atoms with E-state index < -0.39 is 11.2 Å². The summed E-state index contributed by atoms with van der Waals surface area (Å²) in [6.45, 7) is 4.37. The molecule has 2 aliphatic rings. The Labute approximate surface area is 184 Å². The Morgan fingerprint density at radius 1 is 1.17 bits per heavy atom. The molecule has 6 nitrogen and oxygen atoms in total. The number of fused-ring (bicyclic) bond motifs is 1. The molecule has 2 heterocycles. The number of hydrogen-bond acceptors (Lipinski definition) is 5. The molecule has 4 rings (SSSR count). The fourth-order valence-electron chi connectivity index (χ4n) is 3.54. The van der Waals surface area contributed by atoms with Gasteiger partial charge in [0.2, 0.25) is 4.91 Å². The van der Waals surface area contributed by atoms with E-state index in [9.17, 15) is 9.35 Å². The summed E-state index contributed by atoms with van der Waals surface area (Å²) >= 11 is 4.36. The topological polar surface area (TPSA) is 67.9 Å². The minimum Gasteiger partial charge on any atom is -0.606 e. The van der Waals surface area contributed by atoms with Crippen LogP contribution in [0.3, 0.4) is 0 Å². The monoisotopic (exact) mass is 445 g/mol. The quantitative estimate of drug-likeness (QED) is 0.717. The van der Waals surface area contributed by atoms with Gasteiger partial charge in [-0.15, -0.1) is 0 Å². The second-order valence-electron chi connectivity index (χ2n) is 7.37. The number of hydrogen-bond donors (Lipinski definition) is 1. The van der Waals surface area contributed by atoms with Crippen molar-refractivity contribution in [2.75, 3.05) is 38.3 Å². The molecule has 2 aromatic rings. The van der Waals surface area contributed by atoms with Crippen molar-refractivity contribution in [1.29, 1.82) is 0 Å². The summed E-state index contributed by atoms with van der Waals surface area (Å²) in [5.41, 5.74) is 2.87. The van der Waals surface area contributed by atoms with Crippen LogP contribution in [0.2, 0.25) is 5.02 Å². The number of nitrogens with zero attached hydrogens (tertiary/aromatic N) is 2. The Morgan fingerprint density at radius 2 is 1.87 bits per heavy atom. The van der Waals surface area contributed by atoms with Crippen LogP contribution in [0.25, 0.3) is 0 Å². The van der Waals surface area contributed by atoms with Crippen LogP contribution >= 0.6 is 11.6 Å². The molecule has 158 valence electrons. The summed E-state index contributed by atoms with van der Waals surface area (Å²) in [5.74, 6) is -0.334. The molecule has 1 atom stereocenters. The van der Waals surface area contributed by atoms with Crippen LogP contribution in [0, 0.1) is 0 Å². The first-order chi connectivity index (χ1) is 14.5. The minimum absolute atomic E-state index is 0.252. The Kier molecular flexibility index (Phi) is 6.65. The first-order valence-corrected chi connectivity index (χ1v) is 11.4. The van der Waals surface area contributed by atoms with Crippen LogP contribution in [0.5, 0.6) is 0 Å². The van der Waals surface area contributed by atoms with E-state index >= 15 is 0 Å². The number of carbonyl (C=O) groups excluding carboxylic acids is 1. The number of rotatable bonds is 5. The molecule has 1 fully saturated rings. The predicted molar refractivity (Wildman–Crippen MR) is 119 cm³/mol. The van der Waals surface area contributed by atoms with Crippen LogP contribution in [-0.4, -0.2) is 48.7 Å². The highest BCUT2D eigenvalue weighted by molar-refractivity contribution is 7.96. The largest absolute Gasteiger partial charge is 0.606 e. The third-order valence-corrected chi connectivity index (χ3v) is 6.88. The summed E-state index contributed by atoms with van der Waals surface area (Å²) in [6.07, 6.45) is 1.65. The smallest absolute Gasteiger partial charge is 0.301 e. The van der Waals surface area contributed by atoms with Gasteiger partial charge in [-0.3, -0.25) is 9.69 Å². The van der Waals surface area contributed by atoms with Gasteiger partial charge in [0.15, 0.2) is 4.90 Å². The van der Waals surface area contributed by atoms with Gasteiger partial charge in [0.1, 0.15) is 0 Å². The zero-order chi connectivity index (χ0) is 21.1. The first kappa shape index (κ1) is 21.2. The highest BCUT2D eigenvalue weighted by Crippen LogP contribution is 2.35. The molecule has 30 heavy (non-hydrogen) atoms. The van der Waals surface area contributed by atoms with Crippen molar-refractivity contribution in [2.45, 2.75) is 18.0 Å². The van der Waals surface area contributed by atoms with E-state index in [-0.39, 0.29) is 10.8 Å². The molecule has 0 aliphatic carbocycles. The third kappa shape index (κ3) is 4.82. The molecule has 0 bridgehead atoms. The van der Waals surface area contributed by atoms with Crippen LogP contribution in [0.15, 0.2) is 58.5 Å². The molecule has 1 amide bonds. The maximum atomic E-state index is 13.2. The third-order valence-electron chi connectivity index (χ3n) is 5.21. The van der Waals surface area contributed by atoms with Gasteiger partial charge in [-0.05, 0) is 29.3 Å². The molecule has 1 N–H and O–H groups in total. The molecular weight excluding hydrogens is 422 g/mol. The van der Waals surface area contributed by atoms with Crippen LogP contribution < -0.4 is 10.2 Å².